The van der Waals surface area contributed by atoms with Gasteiger partial charge in [-0.15, -0.1) is 12.4 Å². The highest BCUT2D eigenvalue weighted by Gasteiger charge is 2.31. The van der Waals surface area contributed by atoms with Gasteiger partial charge in [-0.25, -0.2) is 4.39 Å². The van der Waals surface area contributed by atoms with E-state index < -0.39 is 12.2 Å². The molecule has 1 aliphatic heterocycles. The zero-order valence-electron chi connectivity index (χ0n) is 15.9. The first kappa shape index (κ1) is 21.3. The molecule has 2 N–H and O–H groups in total. The van der Waals surface area contributed by atoms with Crippen molar-refractivity contribution in [2.45, 2.75) is 51.4 Å². The Hall–Kier alpha value is -1.98. The van der Waals surface area contributed by atoms with Crippen molar-refractivity contribution in [3.63, 3.8) is 0 Å². The summed E-state index contributed by atoms with van der Waals surface area (Å²) in [5, 5.41) is 6.00. The number of carbonyl (C=O) groups excluding carboxylic acids is 1. The lowest BCUT2D eigenvalue weighted by atomic mass is 9.96. The molecule has 1 saturated heterocycles. The molecule has 0 saturated carbocycles. The van der Waals surface area contributed by atoms with Gasteiger partial charge in [-0.05, 0) is 35.6 Å². The van der Waals surface area contributed by atoms with Crippen molar-refractivity contribution in [2.75, 3.05) is 6.54 Å². The van der Waals surface area contributed by atoms with Crippen LogP contribution in [0.4, 0.5) is 4.39 Å². The minimum atomic E-state index is -0.966. The Morgan fingerprint density at radius 2 is 2.00 bits per heavy atom. The fourth-order valence-electron chi connectivity index (χ4n) is 3.46. The number of aromatic nitrogens is 1. The van der Waals surface area contributed by atoms with Crippen molar-refractivity contribution in [2.24, 2.45) is 0 Å². The Morgan fingerprint density at radius 3 is 2.56 bits per heavy atom. The van der Waals surface area contributed by atoms with Gasteiger partial charge < -0.3 is 10.6 Å². The smallest absolute Gasteiger partial charge is 0.238 e. The number of amides is 1. The first-order valence-corrected chi connectivity index (χ1v) is 9.15. The molecule has 1 aromatic carbocycles. The predicted molar refractivity (Wildman–Crippen MR) is 108 cm³/mol. The van der Waals surface area contributed by atoms with Gasteiger partial charge in [0, 0.05) is 19.2 Å². The van der Waals surface area contributed by atoms with Gasteiger partial charge in [0.15, 0.2) is 0 Å². The number of aryl methyl sites for hydroxylation is 1. The van der Waals surface area contributed by atoms with Crippen LogP contribution in [0.1, 0.15) is 54.6 Å². The van der Waals surface area contributed by atoms with E-state index in [2.05, 4.69) is 36.4 Å². The Morgan fingerprint density at radius 1 is 1.30 bits per heavy atom. The molecule has 1 amide bonds. The first-order chi connectivity index (χ1) is 12.5. The number of rotatable bonds is 5. The molecule has 0 spiro atoms. The van der Waals surface area contributed by atoms with Crippen LogP contribution in [-0.4, -0.2) is 29.6 Å². The molecule has 6 heteroatoms. The zero-order chi connectivity index (χ0) is 18.7. The predicted octanol–water partition coefficient (Wildman–Crippen LogP) is 3.84. The van der Waals surface area contributed by atoms with Gasteiger partial charge in [0.25, 0.3) is 0 Å². The summed E-state index contributed by atoms with van der Waals surface area (Å²) in [6.07, 6.45) is 1.14. The zero-order valence-corrected chi connectivity index (χ0v) is 16.7. The molecule has 2 aromatic rings. The highest BCUT2D eigenvalue weighted by molar-refractivity contribution is 5.85. The highest BCUT2D eigenvalue weighted by atomic mass is 35.5. The summed E-state index contributed by atoms with van der Waals surface area (Å²) in [7, 11) is 0. The SMILES string of the molecule is Cc1cc([C@@H](NC(=O)C2CC(F)CN2)c2ccccc2)ncc1C(C)C.Cl. The molecule has 27 heavy (non-hydrogen) atoms. The second-order valence-corrected chi connectivity index (χ2v) is 7.27. The Balaban J connectivity index is 0.00000261. The summed E-state index contributed by atoms with van der Waals surface area (Å²) in [6, 6.07) is 10.9. The maximum atomic E-state index is 13.4. The van der Waals surface area contributed by atoms with E-state index in [0.29, 0.717) is 5.92 Å². The normalized spacial score (nSPS) is 20.2. The van der Waals surface area contributed by atoms with Crippen molar-refractivity contribution in [3.8, 4) is 0 Å². The van der Waals surface area contributed by atoms with Gasteiger partial charge in [-0.3, -0.25) is 9.78 Å². The number of nitrogens with one attached hydrogen (secondary N) is 2. The second kappa shape index (κ2) is 9.29. The van der Waals surface area contributed by atoms with Gasteiger partial charge in [-0.2, -0.15) is 0 Å². The maximum Gasteiger partial charge on any atom is 0.238 e. The lowest BCUT2D eigenvalue weighted by Crippen LogP contribution is -2.42. The molecule has 1 aromatic heterocycles. The molecule has 4 nitrogen and oxygen atoms in total. The van der Waals surface area contributed by atoms with E-state index in [9.17, 15) is 9.18 Å². The summed E-state index contributed by atoms with van der Waals surface area (Å²) in [5.74, 6) is 0.205. The maximum absolute atomic E-state index is 13.4. The van der Waals surface area contributed by atoms with Gasteiger partial charge in [-0.1, -0.05) is 44.2 Å². The standard InChI is InChI=1S/C21H26FN3O.ClH/c1-13(2)17-12-24-18(9-14(17)3)20(15-7-5-4-6-8-15)25-21(26)19-10-16(22)11-23-19;/h4-9,12-13,16,19-20,23H,10-11H2,1-3H3,(H,25,26);1H/t16?,19?,20-;/m0./s1. The molecule has 3 atom stereocenters. The van der Waals surface area contributed by atoms with E-state index >= 15 is 0 Å². The lowest BCUT2D eigenvalue weighted by molar-refractivity contribution is -0.123. The summed E-state index contributed by atoms with van der Waals surface area (Å²) in [6.45, 7) is 6.57. The van der Waals surface area contributed by atoms with E-state index in [-0.39, 0.29) is 37.3 Å². The van der Waals surface area contributed by atoms with Crippen molar-refractivity contribution >= 4 is 18.3 Å². The van der Waals surface area contributed by atoms with E-state index in [1.165, 1.54) is 5.56 Å². The van der Waals surface area contributed by atoms with Gasteiger partial charge in [0.1, 0.15) is 6.17 Å². The van der Waals surface area contributed by atoms with E-state index in [0.717, 1.165) is 16.8 Å². The average Bonchev–Trinajstić information content (AvgIpc) is 3.06. The molecular weight excluding hydrogens is 365 g/mol. The summed E-state index contributed by atoms with van der Waals surface area (Å²) < 4.78 is 13.4. The molecule has 0 aliphatic carbocycles. The largest absolute Gasteiger partial charge is 0.342 e. The van der Waals surface area contributed by atoms with Crippen LogP contribution >= 0.6 is 12.4 Å². The number of halogens is 2. The second-order valence-electron chi connectivity index (χ2n) is 7.27. The third-order valence-corrected chi connectivity index (χ3v) is 4.90. The van der Waals surface area contributed by atoms with Crippen molar-refractivity contribution < 1.29 is 9.18 Å². The van der Waals surface area contributed by atoms with Crippen LogP contribution in [-0.2, 0) is 4.79 Å². The number of nitrogens with zero attached hydrogens (tertiary/aromatic N) is 1. The van der Waals surface area contributed by atoms with Crippen LogP contribution in [0.3, 0.4) is 0 Å². The number of pyridine rings is 1. The fraction of sp³-hybridized carbons (Fsp3) is 0.429. The van der Waals surface area contributed by atoms with Gasteiger partial charge in [0.05, 0.1) is 17.8 Å². The van der Waals surface area contributed by atoms with Crippen molar-refractivity contribution in [3.05, 3.63) is 65.0 Å². The summed E-state index contributed by atoms with van der Waals surface area (Å²) in [4.78, 5) is 17.3. The average molecular weight is 392 g/mol. The van der Waals surface area contributed by atoms with Crippen molar-refractivity contribution in [1.82, 2.24) is 15.6 Å². The molecule has 2 unspecified atom stereocenters. The number of benzene rings is 1. The highest BCUT2D eigenvalue weighted by Crippen LogP contribution is 2.25. The van der Waals surface area contributed by atoms with Crippen LogP contribution in [0.5, 0.6) is 0 Å². The summed E-state index contributed by atoms with van der Waals surface area (Å²) >= 11 is 0. The third-order valence-electron chi connectivity index (χ3n) is 4.90. The van der Waals surface area contributed by atoms with Crippen LogP contribution in [0.15, 0.2) is 42.6 Å². The molecule has 3 rings (SSSR count). The van der Waals surface area contributed by atoms with Gasteiger partial charge in [0.2, 0.25) is 5.91 Å². The van der Waals surface area contributed by atoms with Crippen LogP contribution in [0.25, 0.3) is 0 Å². The minimum absolute atomic E-state index is 0. The number of hydrogen-bond donors (Lipinski definition) is 2. The monoisotopic (exact) mass is 391 g/mol. The quantitative estimate of drug-likeness (QED) is 0.814. The first-order valence-electron chi connectivity index (χ1n) is 9.15. The molecule has 0 bridgehead atoms. The van der Waals surface area contributed by atoms with E-state index in [1.807, 2.05) is 42.6 Å². The Kier molecular flexibility index (Phi) is 7.33. The number of hydrogen-bond acceptors (Lipinski definition) is 3. The van der Waals surface area contributed by atoms with Crippen LogP contribution in [0.2, 0.25) is 0 Å². The molecule has 146 valence electrons. The molecule has 1 fully saturated rings. The lowest BCUT2D eigenvalue weighted by Gasteiger charge is -2.22. The Labute approximate surface area is 166 Å². The van der Waals surface area contributed by atoms with Crippen molar-refractivity contribution in [1.29, 1.82) is 0 Å². The molecule has 0 radical (unpaired) electrons. The third kappa shape index (κ3) is 5.05. The van der Waals surface area contributed by atoms with E-state index in [4.69, 9.17) is 0 Å². The van der Waals surface area contributed by atoms with Crippen LogP contribution < -0.4 is 10.6 Å². The molecular formula is C21H27ClFN3O. The Bertz CT molecular complexity index is 769. The molecule has 1 aliphatic rings. The number of alkyl halides is 1. The van der Waals surface area contributed by atoms with Crippen LogP contribution in [0, 0.1) is 6.92 Å². The summed E-state index contributed by atoms with van der Waals surface area (Å²) in [5.41, 5.74) is 4.11. The fourth-order valence-corrected chi connectivity index (χ4v) is 3.46. The van der Waals surface area contributed by atoms with E-state index in [1.54, 1.807) is 0 Å². The molecule has 2 heterocycles. The number of carbonyl (C=O) groups is 1. The minimum Gasteiger partial charge on any atom is -0.342 e. The topological polar surface area (TPSA) is 54.0 Å². The van der Waals surface area contributed by atoms with Gasteiger partial charge >= 0.3 is 0 Å².